The lowest BCUT2D eigenvalue weighted by molar-refractivity contribution is -0.148. The zero-order chi connectivity index (χ0) is 21.5. The van der Waals surface area contributed by atoms with E-state index in [1.165, 1.54) is 4.90 Å². The van der Waals surface area contributed by atoms with Crippen molar-refractivity contribution in [3.05, 3.63) is 35.9 Å². The van der Waals surface area contributed by atoms with Crippen molar-refractivity contribution >= 4 is 23.8 Å². The molecule has 0 unspecified atom stereocenters. The number of urea groups is 1. The number of rotatable bonds is 6. The quantitative estimate of drug-likeness (QED) is 0.647. The largest absolute Gasteiger partial charge is 0.345 e. The Labute approximate surface area is 176 Å². The molecule has 30 heavy (non-hydrogen) atoms. The smallest absolute Gasteiger partial charge is 0.317 e. The maximum atomic E-state index is 12.4. The minimum atomic E-state index is -0.556. The van der Waals surface area contributed by atoms with Crippen LogP contribution in [0.5, 0.6) is 0 Å². The summed E-state index contributed by atoms with van der Waals surface area (Å²) in [5, 5.41) is 5.45. The van der Waals surface area contributed by atoms with E-state index in [-0.39, 0.29) is 30.9 Å². The molecule has 2 fully saturated rings. The van der Waals surface area contributed by atoms with Crippen LogP contribution in [0, 0.1) is 0 Å². The molecule has 5 amide bonds. The summed E-state index contributed by atoms with van der Waals surface area (Å²) in [7, 11) is 1.71. The molecule has 1 saturated carbocycles. The van der Waals surface area contributed by atoms with Crippen LogP contribution in [0.1, 0.15) is 24.8 Å². The number of carbonyl (C=O) groups is 4. The summed E-state index contributed by atoms with van der Waals surface area (Å²) in [5.74, 6) is -1.15. The number of benzene rings is 1. The van der Waals surface area contributed by atoms with Crippen LogP contribution in [0.3, 0.4) is 0 Å². The van der Waals surface area contributed by atoms with Crippen LogP contribution in [0.25, 0.3) is 0 Å². The lowest BCUT2D eigenvalue weighted by atomic mass is 10.2. The second kappa shape index (κ2) is 10.1. The van der Waals surface area contributed by atoms with E-state index >= 15 is 0 Å². The highest BCUT2D eigenvalue weighted by atomic mass is 16.2. The SMILES string of the molecule is CN(Cc1ccccc1)C(=O)NCCC(=O)N1CCN(C(=O)C(=O)NC2CC2)CC1. The van der Waals surface area contributed by atoms with E-state index in [1.54, 1.807) is 16.8 Å². The lowest BCUT2D eigenvalue weighted by Crippen LogP contribution is -2.54. The zero-order valence-corrected chi connectivity index (χ0v) is 17.3. The van der Waals surface area contributed by atoms with Crippen molar-refractivity contribution in [1.29, 1.82) is 0 Å². The summed E-state index contributed by atoms with van der Waals surface area (Å²) in [6.07, 6.45) is 2.06. The van der Waals surface area contributed by atoms with Gasteiger partial charge in [-0.2, -0.15) is 0 Å². The van der Waals surface area contributed by atoms with Crippen LogP contribution in [0.2, 0.25) is 0 Å². The van der Waals surface area contributed by atoms with Crippen LogP contribution in [-0.2, 0) is 20.9 Å². The zero-order valence-electron chi connectivity index (χ0n) is 17.3. The molecule has 1 heterocycles. The first-order chi connectivity index (χ1) is 14.4. The fourth-order valence-electron chi connectivity index (χ4n) is 3.28. The molecule has 0 bridgehead atoms. The molecule has 1 aromatic rings. The number of carbonyl (C=O) groups excluding carboxylic acids is 4. The van der Waals surface area contributed by atoms with Gasteiger partial charge in [-0.1, -0.05) is 30.3 Å². The molecule has 2 N–H and O–H groups in total. The van der Waals surface area contributed by atoms with Crippen molar-refractivity contribution in [3.8, 4) is 0 Å². The average Bonchev–Trinajstić information content (AvgIpc) is 3.57. The van der Waals surface area contributed by atoms with Gasteiger partial charge in [0.15, 0.2) is 0 Å². The lowest BCUT2D eigenvalue weighted by Gasteiger charge is -2.34. The molecule has 1 saturated heterocycles. The maximum Gasteiger partial charge on any atom is 0.317 e. The summed E-state index contributed by atoms with van der Waals surface area (Å²) in [5.41, 5.74) is 1.03. The van der Waals surface area contributed by atoms with Gasteiger partial charge in [0.25, 0.3) is 0 Å². The first kappa shape index (κ1) is 21.6. The molecule has 1 aliphatic heterocycles. The molecule has 0 atom stereocenters. The van der Waals surface area contributed by atoms with Crippen molar-refractivity contribution in [2.75, 3.05) is 39.8 Å². The van der Waals surface area contributed by atoms with Crippen LogP contribution in [-0.4, -0.2) is 84.3 Å². The van der Waals surface area contributed by atoms with Crippen molar-refractivity contribution in [2.24, 2.45) is 0 Å². The minimum absolute atomic E-state index is 0.0736. The first-order valence-corrected chi connectivity index (χ1v) is 10.3. The fraction of sp³-hybridized carbons (Fsp3) is 0.524. The van der Waals surface area contributed by atoms with Gasteiger partial charge in [0.05, 0.1) is 0 Å². The third kappa shape index (κ3) is 6.20. The van der Waals surface area contributed by atoms with Crippen molar-refractivity contribution in [2.45, 2.75) is 31.8 Å². The van der Waals surface area contributed by atoms with E-state index in [0.717, 1.165) is 18.4 Å². The summed E-state index contributed by atoms with van der Waals surface area (Å²) in [6, 6.07) is 9.59. The van der Waals surface area contributed by atoms with E-state index in [9.17, 15) is 19.2 Å². The van der Waals surface area contributed by atoms with Gasteiger partial charge in [-0.25, -0.2) is 4.79 Å². The number of hydrogen-bond acceptors (Lipinski definition) is 4. The van der Waals surface area contributed by atoms with Gasteiger partial charge >= 0.3 is 17.8 Å². The molecule has 0 aromatic heterocycles. The Hall–Kier alpha value is -3.10. The van der Waals surface area contributed by atoms with E-state index in [4.69, 9.17) is 0 Å². The predicted molar refractivity (Wildman–Crippen MR) is 110 cm³/mol. The van der Waals surface area contributed by atoms with E-state index < -0.39 is 11.8 Å². The number of nitrogens with zero attached hydrogens (tertiary/aromatic N) is 3. The van der Waals surface area contributed by atoms with Gasteiger partial charge in [-0.05, 0) is 18.4 Å². The second-order valence-electron chi connectivity index (χ2n) is 7.74. The Morgan fingerprint density at radius 3 is 2.27 bits per heavy atom. The van der Waals surface area contributed by atoms with Crippen LogP contribution in [0.15, 0.2) is 30.3 Å². The van der Waals surface area contributed by atoms with Crippen LogP contribution in [0.4, 0.5) is 4.79 Å². The van der Waals surface area contributed by atoms with Gasteiger partial charge in [-0.15, -0.1) is 0 Å². The summed E-state index contributed by atoms with van der Waals surface area (Å²) in [4.78, 5) is 53.3. The fourth-order valence-corrected chi connectivity index (χ4v) is 3.28. The summed E-state index contributed by atoms with van der Waals surface area (Å²) < 4.78 is 0. The Balaban J connectivity index is 1.33. The molecule has 1 aromatic carbocycles. The standard InChI is InChI=1S/C21H29N5O4/c1-24(15-16-5-3-2-4-6-16)21(30)22-10-9-18(27)25-11-13-26(14-12-25)20(29)19(28)23-17-7-8-17/h2-6,17H,7-15H2,1H3,(H,22,30)(H,23,28). The Kier molecular flexibility index (Phi) is 7.26. The normalized spacial score (nSPS) is 16.0. The number of amides is 5. The maximum absolute atomic E-state index is 12.4. The molecule has 9 nitrogen and oxygen atoms in total. The molecule has 0 spiro atoms. The van der Waals surface area contributed by atoms with Gasteiger partial charge < -0.3 is 25.3 Å². The second-order valence-corrected chi connectivity index (χ2v) is 7.74. The average molecular weight is 415 g/mol. The third-order valence-corrected chi connectivity index (χ3v) is 5.25. The van der Waals surface area contributed by atoms with Gasteiger partial charge in [0.2, 0.25) is 5.91 Å². The summed E-state index contributed by atoms with van der Waals surface area (Å²) >= 11 is 0. The van der Waals surface area contributed by atoms with E-state index in [0.29, 0.717) is 32.7 Å². The van der Waals surface area contributed by atoms with Crippen molar-refractivity contribution < 1.29 is 19.2 Å². The highest BCUT2D eigenvalue weighted by Crippen LogP contribution is 2.18. The van der Waals surface area contributed by atoms with E-state index in [2.05, 4.69) is 10.6 Å². The number of nitrogens with one attached hydrogen (secondary N) is 2. The van der Waals surface area contributed by atoms with Crippen molar-refractivity contribution in [3.63, 3.8) is 0 Å². The predicted octanol–water partition coefficient (Wildman–Crippen LogP) is 0.168. The van der Waals surface area contributed by atoms with Gasteiger partial charge in [-0.3, -0.25) is 14.4 Å². The molecule has 1 aliphatic carbocycles. The van der Waals surface area contributed by atoms with Crippen LogP contribution >= 0.6 is 0 Å². The molecular formula is C21H29N5O4. The molecule has 9 heteroatoms. The monoisotopic (exact) mass is 415 g/mol. The Morgan fingerprint density at radius 1 is 1.00 bits per heavy atom. The van der Waals surface area contributed by atoms with Gasteiger partial charge in [0.1, 0.15) is 0 Å². The molecule has 0 radical (unpaired) electrons. The Morgan fingerprint density at radius 2 is 1.63 bits per heavy atom. The number of piperazine rings is 1. The van der Waals surface area contributed by atoms with Gasteiger partial charge in [0, 0.05) is 58.8 Å². The third-order valence-electron chi connectivity index (χ3n) is 5.25. The van der Waals surface area contributed by atoms with Crippen LogP contribution < -0.4 is 10.6 Å². The Bertz CT molecular complexity index is 773. The minimum Gasteiger partial charge on any atom is -0.345 e. The highest BCUT2D eigenvalue weighted by molar-refractivity contribution is 6.35. The van der Waals surface area contributed by atoms with Crippen molar-refractivity contribution in [1.82, 2.24) is 25.3 Å². The summed E-state index contributed by atoms with van der Waals surface area (Å²) in [6.45, 7) is 2.21. The topological polar surface area (TPSA) is 102 Å². The molecule has 3 rings (SSSR count). The molecule has 2 aliphatic rings. The molecular weight excluding hydrogens is 386 g/mol. The first-order valence-electron chi connectivity index (χ1n) is 10.3. The number of hydrogen-bond donors (Lipinski definition) is 2. The highest BCUT2D eigenvalue weighted by Gasteiger charge is 2.31. The van der Waals surface area contributed by atoms with E-state index in [1.807, 2.05) is 30.3 Å². The molecule has 162 valence electrons.